The molecule has 0 fully saturated rings. The van der Waals surface area contributed by atoms with Gasteiger partial charge in [0.1, 0.15) is 0 Å². The van der Waals surface area contributed by atoms with Gasteiger partial charge in [-0.05, 0) is 38.5 Å². The van der Waals surface area contributed by atoms with Crippen molar-refractivity contribution < 1.29 is 0 Å². The second-order valence-corrected chi connectivity index (χ2v) is 20.6. The maximum atomic E-state index is 5.89. The lowest BCUT2D eigenvalue weighted by Gasteiger charge is -2.22. The van der Waals surface area contributed by atoms with Crippen LogP contribution in [0.25, 0.3) is 0 Å². The molecule has 2 N–H and O–H groups in total. The second-order valence-electron chi connectivity index (χ2n) is 17.7. The summed E-state index contributed by atoms with van der Waals surface area (Å²) >= 11 is 19.4. The number of thiocarbonyl (C=S) groups is 3. The van der Waals surface area contributed by atoms with Crippen molar-refractivity contribution in [2.45, 2.75) is 296 Å². The molecule has 0 aromatic carbocycles. The van der Waals surface area contributed by atoms with Crippen LogP contribution >= 0.6 is 48.4 Å². The van der Waals surface area contributed by atoms with Gasteiger partial charge in [-0.1, -0.05) is 289 Å². The van der Waals surface area contributed by atoms with E-state index in [1.165, 1.54) is 255 Å². The Hall–Kier alpha value is 0.220. The molecule has 0 radical (unpaired) electrons. The largest absolute Gasteiger partial charge is 0.378 e. The standard InChI is InChI=1S/C51H100N2S4/c1-4-7-10-13-16-19-22-25-28-31-34-37-40-43-49(54)52-46-48(53-50(55)44-41-38-35-32-29-26-23-20-17-14-11-8-5-2)47-57-51(56)45-42-39-36-33-30-27-24-21-18-15-12-9-6-3/h48H,4-47H2,1-3H3,(H,52,54)(H,53,55). The van der Waals surface area contributed by atoms with Gasteiger partial charge in [0, 0.05) is 16.5 Å². The first-order valence-corrected chi connectivity index (χ1v) is 28.0. The molecule has 57 heavy (non-hydrogen) atoms. The molecule has 0 aromatic rings. The van der Waals surface area contributed by atoms with Crippen molar-refractivity contribution in [1.29, 1.82) is 0 Å². The van der Waals surface area contributed by atoms with E-state index in [9.17, 15) is 0 Å². The zero-order valence-electron chi connectivity index (χ0n) is 38.8. The Kier molecular flexibility index (Phi) is 49.1. The fourth-order valence-electron chi connectivity index (χ4n) is 7.94. The van der Waals surface area contributed by atoms with E-state index in [0.29, 0.717) is 0 Å². The van der Waals surface area contributed by atoms with Gasteiger partial charge in [-0.25, -0.2) is 0 Å². The Bertz CT molecular complexity index is 803. The molecule has 6 heteroatoms. The van der Waals surface area contributed by atoms with E-state index in [2.05, 4.69) is 31.4 Å². The first kappa shape index (κ1) is 57.2. The van der Waals surface area contributed by atoms with Crippen LogP contribution in [0.1, 0.15) is 290 Å². The van der Waals surface area contributed by atoms with Crippen molar-refractivity contribution in [3.05, 3.63) is 0 Å². The minimum atomic E-state index is 0.263. The van der Waals surface area contributed by atoms with Crippen molar-refractivity contribution in [1.82, 2.24) is 10.6 Å². The molecule has 0 saturated carbocycles. The SMILES string of the molecule is CCCCCCCCCCCCCCCC(=S)NCC(CSC(=S)CCCCCCCCCCCCCCC)NC(=S)CCCCCCCCCCCCCCC. The highest BCUT2D eigenvalue weighted by molar-refractivity contribution is 8.23. The fourth-order valence-corrected chi connectivity index (χ4v) is 9.70. The number of nitrogens with one attached hydrogen (secondary N) is 2. The Morgan fingerprint density at radius 3 is 0.930 bits per heavy atom. The maximum Gasteiger partial charge on any atom is 0.0756 e. The lowest BCUT2D eigenvalue weighted by atomic mass is 10.0. The van der Waals surface area contributed by atoms with Gasteiger partial charge in [-0.3, -0.25) is 0 Å². The van der Waals surface area contributed by atoms with Crippen LogP contribution in [0.3, 0.4) is 0 Å². The minimum Gasteiger partial charge on any atom is -0.378 e. The van der Waals surface area contributed by atoms with Gasteiger partial charge in [-0.15, -0.1) is 11.8 Å². The molecular formula is C51H100N2S4. The van der Waals surface area contributed by atoms with Gasteiger partial charge >= 0.3 is 0 Å². The van der Waals surface area contributed by atoms with Crippen molar-refractivity contribution in [2.24, 2.45) is 0 Å². The van der Waals surface area contributed by atoms with Crippen LogP contribution in [-0.4, -0.2) is 32.5 Å². The normalized spacial score (nSPS) is 11.9. The summed E-state index contributed by atoms with van der Waals surface area (Å²) < 4.78 is 1.17. The lowest BCUT2D eigenvalue weighted by molar-refractivity contribution is 0.540. The van der Waals surface area contributed by atoms with E-state index in [-0.39, 0.29) is 6.04 Å². The number of thioether (sulfide) groups is 1. The van der Waals surface area contributed by atoms with E-state index >= 15 is 0 Å². The van der Waals surface area contributed by atoms with Gasteiger partial charge < -0.3 is 10.6 Å². The molecule has 1 unspecified atom stereocenters. The summed E-state index contributed by atoms with van der Waals surface area (Å²) in [5, 5.41) is 7.36. The second kappa shape index (κ2) is 48.9. The smallest absolute Gasteiger partial charge is 0.0756 e. The Morgan fingerprint density at radius 2 is 0.614 bits per heavy atom. The highest BCUT2D eigenvalue weighted by Crippen LogP contribution is 2.18. The Labute approximate surface area is 379 Å². The van der Waals surface area contributed by atoms with E-state index in [1.807, 2.05) is 11.8 Å². The predicted octanol–water partition coefficient (Wildman–Crippen LogP) is 18.7. The molecule has 0 rings (SSSR count). The van der Waals surface area contributed by atoms with E-state index in [1.54, 1.807) is 0 Å². The van der Waals surface area contributed by atoms with Crippen molar-refractivity contribution in [2.75, 3.05) is 12.3 Å². The van der Waals surface area contributed by atoms with Crippen LogP contribution in [0.2, 0.25) is 0 Å². The summed E-state index contributed by atoms with van der Waals surface area (Å²) in [4.78, 5) is 2.04. The summed E-state index contributed by atoms with van der Waals surface area (Å²) in [6.45, 7) is 7.74. The molecular weight excluding hydrogens is 769 g/mol. The summed E-state index contributed by atoms with van der Waals surface area (Å²) in [5.41, 5.74) is 0. The zero-order valence-corrected chi connectivity index (χ0v) is 42.1. The number of rotatable bonds is 47. The van der Waals surface area contributed by atoms with Gasteiger partial charge in [-0.2, -0.15) is 0 Å². The van der Waals surface area contributed by atoms with Crippen LogP contribution in [0.5, 0.6) is 0 Å². The van der Waals surface area contributed by atoms with E-state index in [0.717, 1.165) is 41.5 Å². The average molecular weight is 870 g/mol. The Balaban J connectivity index is 4.31. The van der Waals surface area contributed by atoms with Crippen LogP contribution in [0.4, 0.5) is 0 Å². The summed E-state index contributed by atoms with van der Waals surface area (Å²) in [6, 6.07) is 0.263. The molecule has 0 aliphatic rings. The molecule has 338 valence electrons. The molecule has 1 atom stereocenters. The van der Waals surface area contributed by atoms with Crippen molar-refractivity contribution in [3.63, 3.8) is 0 Å². The Morgan fingerprint density at radius 1 is 0.351 bits per heavy atom. The van der Waals surface area contributed by atoms with E-state index < -0.39 is 0 Å². The van der Waals surface area contributed by atoms with Gasteiger partial charge in [0.2, 0.25) is 0 Å². The maximum absolute atomic E-state index is 5.89. The van der Waals surface area contributed by atoms with E-state index in [4.69, 9.17) is 36.7 Å². The molecule has 0 aromatic heterocycles. The monoisotopic (exact) mass is 869 g/mol. The summed E-state index contributed by atoms with van der Waals surface area (Å²) in [6.07, 6.45) is 57.2. The minimum absolute atomic E-state index is 0.263. The predicted molar refractivity (Wildman–Crippen MR) is 276 cm³/mol. The van der Waals surface area contributed by atoms with Crippen LogP contribution in [0, 0.1) is 0 Å². The highest BCUT2D eigenvalue weighted by Gasteiger charge is 2.13. The third-order valence-corrected chi connectivity index (χ3v) is 14.2. The average Bonchev–Trinajstić information content (AvgIpc) is 3.21. The van der Waals surface area contributed by atoms with Crippen LogP contribution < -0.4 is 10.6 Å². The molecule has 0 saturated heterocycles. The van der Waals surface area contributed by atoms with Gasteiger partial charge in [0.15, 0.2) is 0 Å². The van der Waals surface area contributed by atoms with Crippen molar-refractivity contribution in [3.8, 4) is 0 Å². The third kappa shape index (κ3) is 47.1. The molecule has 2 nitrogen and oxygen atoms in total. The quantitative estimate of drug-likeness (QED) is 0.0467. The van der Waals surface area contributed by atoms with Crippen LogP contribution in [-0.2, 0) is 0 Å². The summed E-state index contributed by atoms with van der Waals surface area (Å²) in [7, 11) is 0. The topological polar surface area (TPSA) is 24.1 Å². The molecule has 0 aliphatic heterocycles. The van der Waals surface area contributed by atoms with Gasteiger partial charge in [0.05, 0.1) is 16.0 Å². The molecule has 0 bridgehead atoms. The third-order valence-electron chi connectivity index (χ3n) is 11.9. The number of hydrogen-bond donors (Lipinski definition) is 2. The first-order chi connectivity index (χ1) is 28.0. The van der Waals surface area contributed by atoms with Crippen molar-refractivity contribution >= 4 is 62.6 Å². The fraction of sp³-hybridized carbons (Fsp3) is 0.941. The summed E-state index contributed by atoms with van der Waals surface area (Å²) in [5.74, 6) is 0.963. The molecule has 0 aliphatic carbocycles. The molecule has 0 amide bonds. The lowest BCUT2D eigenvalue weighted by Crippen LogP contribution is -2.44. The van der Waals surface area contributed by atoms with Crippen LogP contribution in [0.15, 0.2) is 0 Å². The number of unbranched alkanes of at least 4 members (excludes halogenated alkanes) is 36. The highest BCUT2D eigenvalue weighted by atomic mass is 32.2. The van der Waals surface area contributed by atoms with Gasteiger partial charge in [0.25, 0.3) is 0 Å². The molecule has 0 heterocycles. The number of hydrogen-bond acceptors (Lipinski definition) is 4. The zero-order chi connectivity index (χ0) is 41.5. The first-order valence-electron chi connectivity index (χ1n) is 25.7. The molecule has 0 spiro atoms.